The predicted molar refractivity (Wildman–Crippen MR) is 21.5 cm³/mol. The molecule has 0 fully saturated rings. The van der Waals surface area contributed by atoms with E-state index in [4.69, 9.17) is 0 Å². The van der Waals surface area contributed by atoms with Crippen LogP contribution < -0.4 is 29.6 Å². The van der Waals surface area contributed by atoms with Gasteiger partial charge in [0, 0.05) is 0 Å². The molecule has 0 bridgehead atoms. The molecule has 0 rings (SSSR count). The van der Waals surface area contributed by atoms with E-state index in [0.29, 0.717) is 0 Å². The third-order valence-electron chi connectivity index (χ3n) is 0. The summed E-state index contributed by atoms with van der Waals surface area (Å²) >= 11 is 0. The second-order valence-corrected chi connectivity index (χ2v) is 0. The van der Waals surface area contributed by atoms with E-state index in [1.165, 1.54) is 0 Å². The summed E-state index contributed by atoms with van der Waals surface area (Å²) in [4.78, 5) is 0. The fraction of sp³-hybridized carbons (Fsp3) is 0. The molecule has 0 nitrogen and oxygen atoms in total. The second kappa shape index (κ2) is 17.2. The van der Waals surface area contributed by atoms with E-state index in [1.54, 1.807) is 0 Å². The van der Waals surface area contributed by atoms with E-state index in [-0.39, 0.29) is 93.6 Å². The van der Waals surface area contributed by atoms with Crippen LogP contribution in [0.15, 0.2) is 0 Å². The van der Waals surface area contributed by atoms with E-state index in [2.05, 4.69) is 0 Å². The zero-order chi connectivity index (χ0) is 0. The Morgan fingerprint density at radius 3 is 1.25 bits per heavy atom. The number of hydrogen-bond donors (Lipinski definition) is 0. The van der Waals surface area contributed by atoms with E-state index in [9.17, 15) is 0 Å². The molecular formula is H7AlCaFNa. The maximum absolute atomic E-state index is 0. The van der Waals surface area contributed by atoms with E-state index < -0.39 is 0 Å². The van der Waals surface area contributed by atoms with Crippen LogP contribution in [0.5, 0.6) is 0 Å². The summed E-state index contributed by atoms with van der Waals surface area (Å²) in [5, 5.41) is 0. The van der Waals surface area contributed by atoms with E-state index in [1.807, 2.05) is 0 Å². The number of halogens is 1. The van der Waals surface area contributed by atoms with Gasteiger partial charge in [0.05, 0.1) is 0 Å². The van der Waals surface area contributed by atoms with Crippen molar-refractivity contribution in [1.82, 2.24) is 0 Å². The molecule has 20 valence electrons. The summed E-state index contributed by atoms with van der Waals surface area (Å²) in [5.74, 6) is 0. The molecular weight excluding hydrogens is 109 g/mol. The molecule has 0 saturated carbocycles. The van der Waals surface area contributed by atoms with Crippen LogP contribution in [0.1, 0.15) is 4.28 Å². The molecule has 0 unspecified atom stereocenters. The van der Waals surface area contributed by atoms with Gasteiger partial charge < -0.3 is 4.28 Å². The first-order valence-electron chi connectivity index (χ1n) is 0. The largest absolute Gasteiger partial charge is 2.00 e. The van der Waals surface area contributed by atoms with Crippen molar-refractivity contribution in [2.24, 2.45) is 0 Å². The summed E-state index contributed by atoms with van der Waals surface area (Å²) < 4.78 is 0. The molecule has 0 spiro atoms. The van der Waals surface area contributed by atoms with Gasteiger partial charge in [0.2, 0.25) is 0 Å². The zero-order valence-electron chi connectivity index (χ0n) is 5.12. The molecule has 0 aromatic carbocycles. The third-order valence-corrected chi connectivity index (χ3v) is 0. The average Bonchev–Trinajstić information content (AvgIpc) is 0. The second-order valence-electron chi connectivity index (χ2n) is 0. The van der Waals surface area contributed by atoms with Gasteiger partial charge >= 0.3 is 67.3 Å². The van der Waals surface area contributed by atoms with E-state index in [0.717, 1.165) is 0 Å². The van der Waals surface area contributed by atoms with E-state index >= 15 is 0 Å². The number of rotatable bonds is 0. The molecule has 0 aliphatic rings. The molecule has 0 atom stereocenters. The Balaban J connectivity index is 0. The summed E-state index contributed by atoms with van der Waals surface area (Å²) in [6, 6.07) is 0. The van der Waals surface area contributed by atoms with Gasteiger partial charge in [-0.15, -0.1) is 0 Å². The van der Waals surface area contributed by atoms with Gasteiger partial charge in [-0.1, -0.05) is 0 Å². The van der Waals surface area contributed by atoms with Crippen LogP contribution in [0.25, 0.3) is 0 Å². The Bertz CT molecular complexity index is 14.9. The fourth-order valence-corrected chi connectivity index (χ4v) is 0. The van der Waals surface area contributed by atoms with Crippen molar-refractivity contribution >= 4 is 55.1 Å². The average molecular weight is 116 g/mol. The summed E-state index contributed by atoms with van der Waals surface area (Å²) in [6.45, 7) is 0. The molecule has 0 amide bonds. The molecule has 0 aromatic heterocycles. The minimum absolute atomic E-state index is 0. The van der Waals surface area contributed by atoms with Crippen LogP contribution >= 0.6 is 0 Å². The van der Waals surface area contributed by atoms with Crippen LogP contribution in [0.2, 0.25) is 0 Å². The molecule has 0 heterocycles. The summed E-state index contributed by atoms with van der Waals surface area (Å²) in [6.07, 6.45) is 0. The monoisotopic (exact) mass is 116 g/mol. The van der Waals surface area contributed by atoms with Gasteiger partial charge in [-0.05, 0) is 0 Å². The molecule has 0 radical (unpaired) electrons. The maximum atomic E-state index is 0. The number of hydrogen-bond acceptors (Lipinski definition) is 0. The van der Waals surface area contributed by atoms with Crippen molar-refractivity contribution in [2.45, 2.75) is 0 Å². The van der Waals surface area contributed by atoms with Crippen molar-refractivity contribution in [3.63, 3.8) is 0 Å². The Kier molecular flexibility index (Phi) is 128. The fourth-order valence-electron chi connectivity index (χ4n) is 0. The Morgan fingerprint density at radius 1 is 1.25 bits per heavy atom. The smallest absolute Gasteiger partial charge is 1.00 e. The molecule has 4 heavy (non-hydrogen) atoms. The minimum atomic E-state index is 0. The topological polar surface area (TPSA) is 0 Å². The van der Waals surface area contributed by atoms with Crippen LogP contribution in [-0.2, 0) is 0 Å². The summed E-state index contributed by atoms with van der Waals surface area (Å²) in [7, 11) is 0. The van der Waals surface area contributed by atoms with Crippen molar-refractivity contribution in [2.75, 3.05) is 0 Å². The first-order valence-corrected chi connectivity index (χ1v) is 0. The minimum Gasteiger partial charge on any atom is -1.00 e. The quantitative estimate of drug-likeness (QED) is 0.282. The van der Waals surface area contributed by atoms with Gasteiger partial charge in [0.25, 0.3) is 0 Å². The first kappa shape index (κ1) is 29.7. The van der Waals surface area contributed by atoms with Crippen molar-refractivity contribution < 1.29 is 38.5 Å². The van der Waals surface area contributed by atoms with Crippen LogP contribution in [0.3, 0.4) is 0 Å². The van der Waals surface area contributed by atoms with Crippen LogP contribution in [-0.4, -0.2) is 55.1 Å². The molecule has 0 aliphatic heterocycles. The predicted octanol–water partition coefficient (Wildman–Crippen LogP) is -4.07. The van der Waals surface area contributed by atoms with Crippen molar-refractivity contribution in [3.8, 4) is 0 Å². The van der Waals surface area contributed by atoms with Gasteiger partial charge in [-0.2, -0.15) is 0 Å². The van der Waals surface area contributed by atoms with Crippen LogP contribution in [0.4, 0.5) is 4.70 Å². The zero-order valence-corrected chi connectivity index (χ0v) is 6.32. The molecule has 0 aromatic rings. The summed E-state index contributed by atoms with van der Waals surface area (Å²) in [5.41, 5.74) is 0. The first-order chi connectivity index (χ1) is 0. The normalized spacial score (nSPS) is 0. The van der Waals surface area contributed by atoms with Gasteiger partial charge in [0.1, 0.15) is 0 Å². The maximum Gasteiger partial charge on any atom is 2.00 e. The Hall–Kier alpha value is 2.72. The Labute approximate surface area is 92.0 Å². The van der Waals surface area contributed by atoms with Gasteiger partial charge in [-0.25, -0.2) is 0 Å². The Morgan fingerprint density at radius 2 is 1.25 bits per heavy atom. The van der Waals surface area contributed by atoms with Crippen molar-refractivity contribution in [3.05, 3.63) is 0 Å². The van der Waals surface area contributed by atoms with Crippen LogP contribution in [0, 0.1) is 0 Å². The molecule has 0 N–H and O–H groups in total. The van der Waals surface area contributed by atoms with Gasteiger partial charge in [-0.3, -0.25) is 4.70 Å². The third kappa shape index (κ3) is 8.83. The van der Waals surface area contributed by atoms with Crippen molar-refractivity contribution in [1.29, 1.82) is 0 Å². The van der Waals surface area contributed by atoms with Gasteiger partial charge in [0.15, 0.2) is 17.4 Å². The SMILES string of the molecule is F.[AlH3].[Ca+2].[H-].[H-].[H-].[Na+]. The molecule has 0 aliphatic carbocycles. The molecule has 4 heteroatoms. The molecule has 0 saturated heterocycles. The standard InChI is InChI=1S/Al.Ca.FH.Na.6H/h;;1H;;;;;;;/q;+2;;+1;;;;3*-1.